The van der Waals surface area contributed by atoms with Crippen LogP contribution in [0.25, 0.3) is 0 Å². The summed E-state index contributed by atoms with van der Waals surface area (Å²) < 4.78 is 10.8. The van der Waals surface area contributed by atoms with Crippen molar-refractivity contribution in [3.05, 3.63) is 23.9 Å². The van der Waals surface area contributed by atoms with Crippen LogP contribution in [0.3, 0.4) is 0 Å². The van der Waals surface area contributed by atoms with Crippen LogP contribution in [0.15, 0.2) is 18.3 Å². The minimum Gasteiger partial charge on any atom is -0.481 e. The van der Waals surface area contributed by atoms with Crippen LogP contribution in [-0.4, -0.2) is 42.5 Å². The van der Waals surface area contributed by atoms with Gasteiger partial charge in [0.2, 0.25) is 5.88 Å². The Bertz CT molecular complexity index is 426. The third-order valence-electron chi connectivity index (χ3n) is 3.74. The van der Waals surface area contributed by atoms with Crippen LogP contribution in [0.5, 0.6) is 5.88 Å². The number of nitrogens with zero attached hydrogens (tertiary/aromatic N) is 1. The van der Waals surface area contributed by atoms with Crippen molar-refractivity contribution in [3.63, 3.8) is 0 Å². The van der Waals surface area contributed by atoms with Gasteiger partial charge in [0, 0.05) is 23.8 Å². The molecule has 5 heteroatoms. The molecule has 0 saturated carbocycles. The van der Waals surface area contributed by atoms with Crippen molar-refractivity contribution in [2.75, 3.05) is 20.3 Å². The van der Waals surface area contributed by atoms with E-state index in [1.54, 1.807) is 13.3 Å². The number of aliphatic hydroxyl groups is 1. The van der Waals surface area contributed by atoms with E-state index in [2.05, 4.69) is 10.3 Å². The zero-order valence-electron chi connectivity index (χ0n) is 10.4. The predicted octanol–water partition coefficient (Wildman–Crippen LogP) is 0.429. The Kier molecular flexibility index (Phi) is 2.97. The fourth-order valence-electron chi connectivity index (χ4n) is 3.04. The molecule has 3 heterocycles. The Balaban J connectivity index is 1.94. The molecule has 2 bridgehead atoms. The summed E-state index contributed by atoms with van der Waals surface area (Å²) in [4.78, 5) is 4.18. The number of hydrogen-bond donors (Lipinski definition) is 2. The Morgan fingerprint density at radius 3 is 2.83 bits per heavy atom. The lowest BCUT2D eigenvalue weighted by Crippen LogP contribution is -2.58. The highest BCUT2D eigenvalue weighted by atomic mass is 16.5. The minimum absolute atomic E-state index is 0.201. The molecular formula is C13H18N2O3. The van der Waals surface area contributed by atoms with Crippen LogP contribution in [0.1, 0.15) is 18.4 Å². The number of aromatic nitrogens is 1. The summed E-state index contributed by atoms with van der Waals surface area (Å²) in [5, 5.41) is 14.4. The number of pyridine rings is 1. The second-order valence-corrected chi connectivity index (χ2v) is 5.10. The van der Waals surface area contributed by atoms with Crippen LogP contribution in [-0.2, 0) is 10.3 Å². The molecule has 2 unspecified atom stereocenters. The number of morpholine rings is 1. The maximum atomic E-state index is 10.9. The molecule has 0 radical (unpaired) electrons. The zero-order valence-corrected chi connectivity index (χ0v) is 10.4. The van der Waals surface area contributed by atoms with Gasteiger partial charge in [0.05, 0.1) is 25.9 Å². The smallest absolute Gasteiger partial charge is 0.219 e. The van der Waals surface area contributed by atoms with Gasteiger partial charge in [-0.25, -0.2) is 4.98 Å². The fraction of sp³-hybridized carbons (Fsp3) is 0.615. The van der Waals surface area contributed by atoms with Gasteiger partial charge in [-0.15, -0.1) is 0 Å². The summed E-state index contributed by atoms with van der Waals surface area (Å²) in [5.74, 6) is 0.515. The molecule has 3 rings (SSSR count). The SMILES string of the molecule is COc1ncccc1C1(O)CC2COCC(C1)N2. The number of nitrogens with one attached hydrogen (secondary N) is 1. The Hall–Kier alpha value is -1.17. The molecule has 0 amide bonds. The summed E-state index contributed by atoms with van der Waals surface area (Å²) in [6, 6.07) is 4.14. The van der Waals surface area contributed by atoms with Crippen molar-refractivity contribution in [3.8, 4) is 5.88 Å². The van der Waals surface area contributed by atoms with E-state index in [4.69, 9.17) is 9.47 Å². The van der Waals surface area contributed by atoms with Crippen molar-refractivity contribution < 1.29 is 14.6 Å². The van der Waals surface area contributed by atoms with Crippen molar-refractivity contribution in [1.29, 1.82) is 0 Å². The largest absolute Gasteiger partial charge is 0.481 e. The van der Waals surface area contributed by atoms with E-state index < -0.39 is 5.60 Å². The van der Waals surface area contributed by atoms with Gasteiger partial charge < -0.3 is 19.9 Å². The first-order chi connectivity index (χ1) is 8.71. The van der Waals surface area contributed by atoms with Crippen LogP contribution in [0.2, 0.25) is 0 Å². The summed E-state index contributed by atoms with van der Waals surface area (Å²) in [7, 11) is 1.58. The summed E-state index contributed by atoms with van der Waals surface area (Å²) >= 11 is 0. The normalized spacial score (nSPS) is 35.2. The topological polar surface area (TPSA) is 63.6 Å². The van der Waals surface area contributed by atoms with Crippen molar-refractivity contribution in [2.45, 2.75) is 30.5 Å². The van der Waals surface area contributed by atoms with Crippen molar-refractivity contribution in [2.24, 2.45) is 0 Å². The number of methoxy groups -OCH3 is 1. The first kappa shape index (κ1) is 11.9. The van der Waals surface area contributed by atoms with E-state index >= 15 is 0 Å². The van der Waals surface area contributed by atoms with Gasteiger partial charge >= 0.3 is 0 Å². The first-order valence-electron chi connectivity index (χ1n) is 6.27. The van der Waals surface area contributed by atoms with Gasteiger partial charge in [0.15, 0.2) is 0 Å². The van der Waals surface area contributed by atoms with E-state index in [0.29, 0.717) is 31.9 Å². The Morgan fingerprint density at radius 2 is 2.17 bits per heavy atom. The van der Waals surface area contributed by atoms with Gasteiger partial charge in [-0.2, -0.15) is 0 Å². The van der Waals surface area contributed by atoms with E-state index in [9.17, 15) is 5.11 Å². The molecule has 2 atom stereocenters. The minimum atomic E-state index is -0.871. The number of fused-ring (bicyclic) bond motifs is 2. The highest BCUT2D eigenvalue weighted by molar-refractivity contribution is 5.33. The molecule has 2 aliphatic heterocycles. The molecule has 0 aromatic carbocycles. The van der Waals surface area contributed by atoms with Gasteiger partial charge in [-0.3, -0.25) is 0 Å². The number of hydrogen-bond acceptors (Lipinski definition) is 5. The second kappa shape index (κ2) is 4.50. The second-order valence-electron chi connectivity index (χ2n) is 5.10. The van der Waals surface area contributed by atoms with Gasteiger partial charge in [0.1, 0.15) is 0 Å². The summed E-state index contributed by atoms with van der Waals surface area (Å²) in [6.07, 6.45) is 2.94. The molecule has 5 nitrogen and oxygen atoms in total. The van der Waals surface area contributed by atoms with Crippen LogP contribution < -0.4 is 10.1 Å². The third-order valence-corrected chi connectivity index (χ3v) is 3.74. The summed E-state index contributed by atoms with van der Waals surface area (Å²) in [6.45, 7) is 1.31. The highest BCUT2D eigenvalue weighted by Gasteiger charge is 2.43. The molecule has 2 aliphatic rings. The lowest BCUT2D eigenvalue weighted by Gasteiger charge is -2.45. The van der Waals surface area contributed by atoms with E-state index in [0.717, 1.165) is 5.56 Å². The molecular weight excluding hydrogens is 232 g/mol. The standard InChI is InChI=1S/C13H18N2O3/c1-17-12-11(3-2-4-14-12)13(16)5-9-7-18-8-10(6-13)15-9/h2-4,9-10,15-16H,5-8H2,1H3. The molecule has 1 aromatic rings. The molecule has 0 spiro atoms. The fourth-order valence-corrected chi connectivity index (χ4v) is 3.04. The first-order valence-corrected chi connectivity index (χ1v) is 6.27. The van der Waals surface area contributed by atoms with Crippen molar-refractivity contribution in [1.82, 2.24) is 10.3 Å². The number of rotatable bonds is 2. The van der Waals surface area contributed by atoms with E-state index in [-0.39, 0.29) is 12.1 Å². The summed E-state index contributed by atoms with van der Waals surface area (Å²) in [5.41, 5.74) is -0.0878. The molecule has 1 aromatic heterocycles. The van der Waals surface area contributed by atoms with Gasteiger partial charge in [0.25, 0.3) is 0 Å². The molecule has 98 valence electrons. The van der Waals surface area contributed by atoms with Crippen LogP contribution >= 0.6 is 0 Å². The van der Waals surface area contributed by atoms with Gasteiger partial charge in [-0.1, -0.05) is 0 Å². The van der Waals surface area contributed by atoms with Crippen LogP contribution in [0, 0.1) is 0 Å². The lowest BCUT2D eigenvalue weighted by molar-refractivity contribution is -0.0812. The van der Waals surface area contributed by atoms with Gasteiger partial charge in [-0.05, 0) is 25.0 Å². The maximum absolute atomic E-state index is 10.9. The predicted molar refractivity (Wildman–Crippen MR) is 65.5 cm³/mol. The average molecular weight is 250 g/mol. The zero-order chi connectivity index (χ0) is 12.6. The van der Waals surface area contributed by atoms with E-state index in [1.165, 1.54) is 0 Å². The van der Waals surface area contributed by atoms with E-state index in [1.807, 2.05) is 12.1 Å². The maximum Gasteiger partial charge on any atom is 0.219 e. The molecule has 18 heavy (non-hydrogen) atoms. The third kappa shape index (κ3) is 1.98. The highest BCUT2D eigenvalue weighted by Crippen LogP contribution is 2.39. The molecule has 0 aliphatic carbocycles. The molecule has 2 fully saturated rings. The molecule has 2 saturated heterocycles. The Morgan fingerprint density at radius 1 is 1.44 bits per heavy atom. The van der Waals surface area contributed by atoms with Crippen molar-refractivity contribution >= 4 is 0 Å². The quantitative estimate of drug-likeness (QED) is 0.797. The lowest BCUT2D eigenvalue weighted by atomic mass is 9.78. The molecule has 2 N–H and O–H groups in total. The number of piperidine rings is 1. The monoisotopic (exact) mass is 250 g/mol. The van der Waals surface area contributed by atoms with Crippen LogP contribution in [0.4, 0.5) is 0 Å². The number of ether oxygens (including phenoxy) is 2. The Labute approximate surface area is 106 Å². The average Bonchev–Trinajstić information content (AvgIpc) is 2.38.